The van der Waals surface area contributed by atoms with Crippen molar-refractivity contribution in [3.05, 3.63) is 60.4 Å². The van der Waals surface area contributed by atoms with E-state index in [9.17, 15) is 9.59 Å². The number of allylic oxidation sites excluding steroid dienone is 2. The lowest BCUT2D eigenvalue weighted by Gasteiger charge is -2.17. The molecule has 0 spiro atoms. The fourth-order valence-electron chi connectivity index (χ4n) is 5.45. The van der Waals surface area contributed by atoms with E-state index in [2.05, 4.69) is 22.1 Å². The largest absolute Gasteiger partial charge is 0.341 e. The number of H-pyrrole nitrogens is 1. The molecule has 0 unspecified atom stereocenters. The van der Waals surface area contributed by atoms with E-state index in [1.54, 1.807) is 23.1 Å². The number of imidazole rings is 1. The molecular weight excluding hydrogens is 440 g/mol. The minimum atomic E-state index is -0.176. The van der Waals surface area contributed by atoms with E-state index in [0.717, 1.165) is 37.8 Å². The highest BCUT2D eigenvalue weighted by atomic mass is 32.2. The molecule has 2 aromatic carbocycles. The first-order chi connectivity index (χ1) is 15.7. The summed E-state index contributed by atoms with van der Waals surface area (Å²) in [5.41, 5.74) is 3.54. The van der Waals surface area contributed by atoms with Crippen molar-refractivity contribution in [2.75, 3.05) is 4.90 Å². The van der Waals surface area contributed by atoms with Gasteiger partial charge in [0.15, 0.2) is 4.34 Å². The second kappa shape index (κ2) is 6.76. The lowest BCUT2D eigenvalue weighted by Crippen LogP contribution is -2.32. The van der Waals surface area contributed by atoms with Crippen LogP contribution in [0.1, 0.15) is 12.2 Å². The Morgan fingerprint density at radius 2 is 1.78 bits per heavy atom. The quantitative estimate of drug-likeness (QED) is 0.271. The van der Waals surface area contributed by atoms with E-state index in [4.69, 9.17) is 4.98 Å². The zero-order chi connectivity index (χ0) is 21.4. The third-order valence-corrected chi connectivity index (χ3v) is 9.02. The topological polar surface area (TPSA) is 79.0 Å². The lowest BCUT2D eigenvalue weighted by molar-refractivity contribution is -0.123. The Hall–Kier alpha value is -2.97. The van der Waals surface area contributed by atoms with Crippen molar-refractivity contribution in [2.45, 2.75) is 16.5 Å². The number of imide groups is 1. The number of rotatable bonds is 4. The van der Waals surface area contributed by atoms with Crippen LogP contribution < -0.4 is 4.90 Å². The van der Waals surface area contributed by atoms with Crippen molar-refractivity contribution >= 4 is 61.9 Å². The zero-order valence-electron chi connectivity index (χ0n) is 16.9. The first kappa shape index (κ1) is 18.6. The van der Waals surface area contributed by atoms with Crippen LogP contribution in [0.3, 0.4) is 0 Å². The van der Waals surface area contributed by atoms with Gasteiger partial charge in [-0.1, -0.05) is 36.0 Å². The minimum Gasteiger partial charge on any atom is -0.341 e. The maximum Gasteiger partial charge on any atom is 0.238 e. The van der Waals surface area contributed by atoms with E-state index < -0.39 is 0 Å². The second-order valence-electron chi connectivity index (χ2n) is 8.63. The first-order valence-electron chi connectivity index (χ1n) is 10.7. The maximum absolute atomic E-state index is 13.1. The highest BCUT2D eigenvalue weighted by molar-refractivity contribution is 8.00. The summed E-state index contributed by atoms with van der Waals surface area (Å²) in [6, 6.07) is 13.7. The van der Waals surface area contributed by atoms with Gasteiger partial charge < -0.3 is 4.98 Å². The van der Waals surface area contributed by atoms with Gasteiger partial charge in [0.1, 0.15) is 5.82 Å². The van der Waals surface area contributed by atoms with Gasteiger partial charge in [0.25, 0.3) is 0 Å². The van der Waals surface area contributed by atoms with Crippen molar-refractivity contribution < 1.29 is 9.59 Å². The maximum atomic E-state index is 13.1. The van der Waals surface area contributed by atoms with Gasteiger partial charge in [-0.15, -0.1) is 11.3 Å². The SMILES string of the molecule is O=C1[C@@H]2[C@@H](C(=O)N1c1ccc3nc(SCc4nc5ccccc5[nH]4)sc3c1)[C@H]1C=C[C@H]2C1. The van der Waals surface area contributed by atoms with Crippen LogP contribution in [0.15, 0.2) is 59.0 Å². The van der Waals surface area contributed by atoms with Gasteiger partial charge in [0.2, 0.25) is 11.8 Å². The average Bonchev–Trinajstić information content (AvgIpc) is 3.60. The van der Waals surface area contributed by atoms with Gasteiger partial charge in [-0.3, -0.25) is 9.59 Å². The number of carbonyl (C=O) groups excluding carboxylic acids is 2. The second-order valence-corrected chi connectivity index (χ2v) is 10.9. The van der Waals surface area contributed by atoms with E-state index in [-0.39, 0.29) is 35.5 Å². The molecule has 1 saturated carbocycles. The number of amides is 2. The fraction of sp³-hybridized carbons (Fsp3) is 0.250. The molecule has 8 heteroatoms. The summed E-state index contributed by atoms with van der Waals surface area (Å²) in [5.74, 6) is 1.62. The number of hydrogen-bond donors (Lipinski definition) is 1. The van der Waals surface area contributed by atoms with Crippen LogP contribution in [-0.2, 0) is 15.3 Å². The number of thioether (sulfide) groups is 1. The zero-order valence-corrected chi connectivity index (χ0v) is 18.5. The van der Waals surface area contributed by atoms with Crippen molar-refractivity contribution in [2.24, 2.45) is 23.7 Å². The number of nitrogens with one attached hydrogen (secondary N) is 1. The normalized spacial score (nSPS) is 26.2. The number of anilines is 1. The molecule has 4 atom stereocenters. The highest BCUT2D eigenvalue weighted by Crippen LogP contribution is 2.53. The Morgan fingerprint density at radius 3 is 2.56 bits per heavy atom. The Kier molecular flexibility index (Phi) is 3.93. The Labute approximate surface area is 191 Å². The molecule has 2 aromatic heterocycles. The molecule has 2 fully saturated rings. The fourth-order valence-corrected chi connectivity index (χ4v) is 7.43. The Bertz CT molecular complexity index is 1390. The lowest BCUT2D eigenvalue weighted by atomic mass is 9.85. The smallest absolute Gasteiger partial charge is 0.238 e. The molecule has 4 aromatic rings. The number of fused-ring (bicyclic) bond motifs is 7. The van der Waals surface area contributed by atoms with Crippen molar-refractivity contribution in [3.8, 4) is 0 Å². The van der Waals surface area contributed by atoms with E-state index in [0.29, 0.717) is 11.4 Å². The number of para-hydroxylation sites is 2. The Balaban J connectivity index is 1.14. The number of aromatic nitrogens is 3. The van der Waals surface area contributed by atoms with Crippen molar-refractivity contribution in [1.29, 1.82) is 0 Å². The van der Waals surface area contributed by atoms with Crippen LogP contribution in [0, 0.1) is 23.7 Å². The summed E-state index contributed by atoms with van der Waals surface area (Å²) in [6.07, 6.45) is 5.19. The number of carbonyl (C=O) groups is 2. The number of aromatic amines is 1. The van der Waals surface area contributed by atoms with Gasteiger partial charge in [0.05, 0.1) is 44.5 Å². The molecular formula is C24H18N4O2S2. The van der Waals surface area contributed by atoms with E-state index in [1.807, 2.05) is 42.5 Å². The molecule has 1 saturated heterocycles. The van der Waals surface area contributed by atoms with Crippen LogP contribution in [0.25, 0.3) is 21.3 Å². The number of nitrogens with zero attached hydrogens (tertiary/aromatic N) is 3. The molecule has 158 valence electrons. The predicted octanol–water partition coefficient (Wildman–Crippen LogP) is 4.78. The monoisotopic (exact) mass is 458 g/mol. The minimum absolute atomic E-state index is 0.0415. The molecule has 2 amide bonds. The van der Waals surface area contributed by atoms with Crippen LogP contribution in [0.4, 0.5) is 5.69 Å². The molecule has 0 radical (unpaired) electrons. The van der Waals surface area contributed by atoms with Gasteiger partial charge in [-0.2, -0.15) is 0 Å². The van der Waals surface area contributed by atoms with E-state index >= 15 is 0 Å². The van der Waals surface area contributed by atoms with Crippen LogP contribution >= 0.6 is 23.1 Å². The standard InChI is InChI=1S/C24H18N4O2S2/c29-22-20-12-5-6-13(9-12)21(20)23(30)28(22)14-7-8-17-18(10-14)32-24(27-17)31-11-19-25-15-3-1-2-4-16(15)26-19/h1-8,10,12-13,20-21H,9,11H2,(H,25,26)/t12-,13-,20-,21-/m0/s1. The molecule has 1 N–H and O–H groups in total. The van der Waals surface area contributed by atoms with Gasteiger partial charge in [-0.25, -0.2) is 14.9 Å². The third kappa shape index (κ3) is 2.66. The van der Waals surface area contributed by atoms with Gasteiger partial charge in [-0.05, 0) is 48.6 Å². The van der Waals surface area contributed by atoms with Gasteiger partial charge >= 0.3 is 0 Å². The number of benzene rings is 2. The van der Waals surface area contributed by atoms with Crippen LogP contribution in [0.2, 0.25) is 0 Å². The molecule has 3 aliphatic rings. The summed E-state index contributed by atoms with van der Waals surface area (Å²) in [6.45, 7) is 0. The summed E-state index contributed by atoms with van der Waals surface area (Å²) < 4.78 is 1.92. The predicted molar refractivity (Wildman–Crippen MR) is 125 cm³/mol. The number of thiazole rings is 1. The van der Waals surface area contributed by atoms with Crippen LogP contribution in [0.5, 0.6) is 0 Å². The highest BCUT2D eigenvalue weighted by Gasteiger charge is 2.59. The molecule has 32 heavy (non-hydrogen) atoms. The summed E-state index contributed by atoms with van der Waals surface area (Å²) in [4.78, 5) is 40.3. The molecule has 1 aliphatic heterocycles. The van der Waals surface area contributed by atoms with Gasteiger partial charge in [0, 0.05) is 0 Å². The van der Waals surface area contributed by atoms with Crippen molar-refractivity contribution in [3.63, 3.8) is 0 Å². The molecule has 2 aliphatic carbocycles. The summed E-state index contributed by atoms with van der Waals surface area (Å²) in [7, 11) is 0. The summed E-state index contributed by atoms with van der Waals surface area (Å²) >= 11 is 3.22. The first-order valence-corrected chi connectivity index (χ1v) is 12.5. The number of hydrogen-bond acceptors (Lipinski definition) is 6. The third-order valence-electron chi connectivity index (χ3n) is 6.85. The average molecular weight is 459 g/mol. The van der Waals surface area contributed by atoms with Crippen LogP contribution in [-0.4, -0.2) is 26.8 Å². The molecule has 3 heterocycles. The van der Waals surface area contributed by atoms with E-state index in [1.165, 1.54) is 4.90 Å². The molecule has 7 rings (SSSR count). The van der Waals surface area contributed by atoms with Crippen molar-refractivity contribution in [1.82, 2.24) is 15.0 Å². The molecule has 2 bridgehead atoms. The Morgan fingerprint density at radius 1 is 1.00 bits per heavy atom. The molecule has 6 nitrogen and oxygen atoms in total. The summed E-state index contributed by atoms with van der Waals surface area (Å²) in [5, 5.41) is 0.